The van der Waals surface area contributed by atoms with E-state index in [1.54, 1.807) is 43.2 Å². The molecule has 0 amide bonds. The maximum atomic E-state index is 12.7. The van der Waals surface area contributed by atoms with Gasteiger partial charge in [-0.25, -0.2) is 8.42 Å². The van der Waals surface area contributed by atoms with Gasteiger partial charge in [-0.05, 0) is 24.6 Å². The van der Waals surface area contributed by atoms with Gasteiger partial charge in [0, 0.05) is 25.7 Å². The Morgan fingerprint density at radius 2 is 2.08 bits per heavy atom. The van der Waals surface area contributed by atoms with Crippen LogP contribution in [0.15, 0.2) is 46.1 Å². The molecule has 126 valence electrons. The first-order valence-electron chi connectivity index (χ1n) is 7.23. The van der Waals surface area contributed by atoms with Crippen LogP contribution in [0.25, 0.3) is 0 Å². The van der Waals surface area contributed by atoms with Crippen LogP contribution in [0.3, 0.4) is 0 Å². The van der Waals surface area contributed by atoms with Gasteiger partial charge >= 0.3 is 0 Å². The molecule has 0 bridgehead atoms. The Bertz CT molecular complexity index is 921. The molecule has 0 spiro atoms. The molecule has 1 unspecified atom stereocenters. The lowest BCUT2D eigenvalue weighted by Gasteiger charge is -2.14. The Kier molecular flexibility index (Phi) is 4.20. The molecule has 2 aromatic heterocycles. The maximum Gasteiger partial charge on any atom is 0.241 e. The van der Waals surface area contributed by atoms with Crippen LogP contribution in [-0.4, -0.2) is 28.3 Å². The third kappa shape index (κ3) is 3.36. The van der Waals surface area contributed by atoms with E-state index in [4.69, 9.17) is 4.52 Å². The van der Waals surface area contributed by atoms with E-state index < -0.39 is 16.1 Å². The Morgan fingerprint density at radius 3 is 2.67 bits per heavy atom. The third-order valence-corrected chi connectivity index (χ3v) is 4.85. The zero-order valence-corrected chi connectivity index (χ0v) is 14.3. The summed E-state index contributed by atoms with van der Waals surface area (Å²) in [6.07, 6.45) is 3.27. The summed E-state index contributed by atoms with van der Waals surface area (Å²) in [6, 6.07) is 5.88. The highest BCUT2D eigenvalue weighted by molar-refractivity contribution is 7.89. The Balaban J connectivity index is 2.00. The first-order valence-corrected chi connectivity index (χ1v) is 8.71. The van der Waals surface area contributed by atoms with Gasteiger partial charge in [-0.2, -0.15) is 14.8 Å². The van der Waals surface area contributed by atoms with Crippen molar-refractivity contribution in [2.45, 2.75) is 24.8 Å². The fourth-order valence-electron chi connectivity index (χ4n) is 2.30. The van der Waals surface area contributed by atoms with Crippen LogP contribution in [0.1, 0.15) is 28.9 Å². The molecule has 0 radical (unpaired) electrons. The second-order valence-corrected chi connectivity index (χ2v) is 7.20. The number of nitrogens with zero attached hydrogens (tertiary/aromatic N) is 4. The molecule has 24 heavy (non-hydrogen) atoms. The number of aromatic nitrogens is 4. The molecule has 3 rings (SSSR count). The number of aryl methyl sites for hydroxylation is 3. The third-order valence-electron chi connectivity index (χ3n) is 3.43. The van der Waals surface area contributed by atoms with E-state index >= 15 is 0 Å². The summed E-state index contributed by atoms with van der Waals surface area (Å²) in [4.78, 5) is 4.33. The Labute approximate surface area is 139 Å². The molecule has 1 aromatic carbocycles. The van der Waals surface area contributed by atoms with Gasteiger partial charge in [-0.1, -0.05) is 17.3 Å². The molecule has 0 aliphatic heterocycles. The van der Waals surface area contributed by atoms with Crippen LogP contribution in [0.4, 0.5) is 0 Å². The average Bonchev–Trinajstić information content (AvgIpc) is 3.14. The van der Waals surface area contributed by atoms with Crippen molar-refractivity contribution in [3.05, 3.63) is 59.5 Å². The van der Waals surface area contributed by atoms with Crippen molar-refractivity contribution in [3.8, 4) is 0 Å². The topological polar surface area (TPSA) is 103 Å². The van der Waals surface area contributed by atoms with Crippen molar-refractivity contribution in [2.24, 2.45) is 7.05 Å². The lowest BCUT2D eigenvalue weighted by atomic mass is 10.2. The normalized spacial score (nSPS) is 13.1. The minimum absolute atomic E-state index is 0.177. The lowest BCUT2D eigenvalue weighted by molar-refractivity contribution is 0.384. The summed E-state index contributed by atoms with van der Waals surface area (Å²) in [7, 11) is -2.02. The molecule has 0 fully saturated rings. The molecular formula is C15H17N5O3S. The standard InChI is InChI=1S/C15H17N5O3S/c1-10-5-4-6-13(7-10)24(21,22)19-14(12-8-16-20(3)9-12)15-17-11(2)23-18-15/h4-9,14,19H,1-3H3. The zero-order valence-electron chi connectivity index (χ0n) is 13.5. The van der Waals surface area contributed by atoms with Crippen LogP contribution >= 0.6 is 0 Å². The molecule has 2 heterocycles. The second kappa shape index (κ2) is 6.17. The van der Waals surface area contributed by atoms with Gasteiger partial charge in [0.15, 0.2) is 5.82 Å². The maximum absolute atomic E-state index is 12.7. The van der Waals surface area contributed by atoms with Gasteiger partial charge in [0.25, 0.3) is 0 Å². The monoisotopic (exact) mass is 347 g/mol. The van der Waals surface area contributed by atoms with Crippen molar-refractivity contribution in [1.82, 2.24) is 24.6 Å². The molecule has 0 aliphatic carbocycles. The summed E-state index contributed by atoms with van der Waals surface area (Å²) in [5, 5.41) is 7.93. The zero-order chi connectivity index (χ0) is 17.3. The Hall–Kier alpha value is -2.52. The van der Waals surface area contributed by atoms with Crippen LogP contribution < -0.4 is 4.72 Å². The van der Waals surface area contributed by atoms with E-state index in [0.29, 0.717) is 11.5 Å². The Morgan fingerprint density at radius 1 is 1.29 bits per heavy atom. The predicted molar refractivity (Wildman–Crippen MR) is 85.6 cm³/mol. The highest BCUT2D eigenvalue weighted by atomic mass is 32.2. The van der Waals surface area contributed by atoms with E-state index in [1.165, 1.54) is 6.07 Å². The molecular weight excluding hydrogens is 330 g/mol. The fraction of sp³-hybridized carbons (Fsp3) is 0.267. The fourth-order valence-corrected chi connectivity index (χ4v) is 3.58. The van der Waals surface area contributed by atoms with Gasteiger partial charge in [-0.3, -0.25) is 4.68 Å². The van der Waals surface area contributed by atoms with Crippen LogP contribution in [0.5, 0.6) is 0 Å². The summed E-state index contributed by atoms with van der Waals surface area (Å²) in [6.45, 7) is 3.48. The second-order valence-electron chi connectivity index (χ2n) is 5.49. The molecule has 0 saturated heterocycles. The van der Waals surface area contributed by atoms with E-state index in [-0.39, 0.29) is 10.7 Å². The number of sulfonamides is 1. The van der Waals surface area contributed by atoms with Crippen molar-refractivity contribution >= 4 is 10.0 Å². The van der Waals surface area contributed by atoms with Gasteiger partial charge < -0.3 is 4.52 Å². The average molecular weight is 347 g/mol. The summed E-state index contributed by atoms with van der Waals surface area (Å²) >= 11 is 0. The molecule has 1 atom stereocenters. The number of rotatable bonds is 5. The predicted octanol–water partition coefficient (Wildman–Crippen LogP) is 1.49. The number of benzene rings is 1. The molecule has 8 nitrogen and oxygen atoms in total. The minimum atomic E-state index is -3.77. The van der Waals surface area contributed by atoms with Crippen molar-refractivity contribution in [2.75, 3.05) is 0 Å². The lowest BCUT2D eigenvalue weighted by Crippen LogP contribution is -2.30. The van der Waals surface area contributed by atoms with Crippen molar-refractivity contribution in [3.63, 3.8) is 0 Å². The number of hydrogen-bond acceptors (Lipinski definition) is 6. The molecule has 1 N–H and O–H groups in total. The molecule has 3 aromatic rings. The first-order chi connectivity index (χ1) is 11.3. The molecule has 0 aliphatic rings. The highest BCUT2D eigenvalue weighted by Gasteiger charge is 2.27. The van der Waals surface area contributed by atoms with Crippen molar-refractivity contribution < 1.29 is 12.9 Å². The van der Waals surface area contributed by atoms with Gasteiger partial charge in [-0.15, -0.1) is 0 Å². The summed E-state index contributed by atoms with van der Waals surface area (Å²) in [5.74, 6) is 0.588. The number of hydrogen-bond donors (Lipinski definition) is 1. The van der Waals surface area contributed by atoms with Crippen LogP contribution in [-0.2, 0) is 17.1 Å². The van der Waals surface area contributed by atoms with Crippen LogP contribution in [0, 0.1) is 13.8 Å². The van der Waals surface area contributed by atoms with E-state index in [1.807, 2.05) is 13.0 Å². The SMILES string of the molecule is Cc1cccc(S(=O)(=O)NC(c2cnn(C)c2)c2noc(C)n2)c1. The van der Waals surface area contributed by atoms with E-state index in [2.05, 4.69) is 20.0 Å². The highest BCUT2D eigenvalue weighted by Crippen LogP contribution is 2.22. The number of nitrogens with one attached hydrogen (secondary N) is 1. The van der Waals surface area contributed by atoms with E-state index in [0.717, 1.165) is 5.56 Å². The van der Waals surface area contributed by atoms with Gasteiger partial charge in [0.05, 0.1) is 11.1 Å². The quantitative estimate of drug-likeness (QED) is 0.750. The van der Waals surface area contributed by atoms with E-state index in [9.17, 15) is 8.42 Å². The van der Waals surface area contributed by atoms with Crippen LogP contribution in [0.2, 0.25) is 0 Å². The molecule has 9 heteroatoms. The summed E-state index contributed by atoms with van der Waals surface area (Å²) in [5.41, 5.74) is 1.47. The smallest absolute Gasteiger partial charge is 0.241 e. The van der Waals surface area contributed by atoms with Crippen molar-refractivity contribution in [1.29, 1.82) is 0 Å². The largest absolute Gasteiger partial charge is 0.340 e. The van der Waals surface area contributed by atoms with Gasteiger partial charge in [0.2, 0.25) is 15.9 Å². The van der Waals surface area contributed by atoms with Gasteiger partial charge in [0.1, 0.15) is 6.04 Å². The molecule has 0 saturated carbocycles. The summed E-state index contributed by atoms with van der Waals surface area (Å²) < 4.78 is 34.7. The first kappa shape index (κ1) is 16.3. The minimum Gasteiger partial charge on any atom is -0.340 e.